The number of benzene rings is 2. The summed E-state index contributed by atoms with van der Waals surface area (Å²) in [6.07, 6.45) is 7.88. The SMILES string of the molecule is OC1(Cn2cncn2)C2(CCCC13CC3c1ccc(F)cc1)CC2c1ccc(F)cc1. The molecule has 6 heteroatoms. The molecule has 2 spiro atoms. The van der Waals surface area contributed by atoms with Crippen molar-refractivity contribution in [2.45, 2.75) is 56.1 Å². The molecule has 2 aromatic carbocycles. The fourth-order valence-corrected chi connectivity index (χ4v) is 6.83. The van der Waals surface area contributed by atoms with E-state index in [1.807, 2.05) is 24.3 Å². The second-order valence-corrected chi connectivity index (χ2v) is 9.74. The zero-order valence-corrected chi connectivity index (χ0v) is 17.2. The van der Waals surface area contributed by atoms with E-state index in [4.69, 9.17) is 0 Å². The number of aromatic nitrogens is 3. The summed E-state index contributed by atoms with van der Waals surface area (Å²) >= 11 is 0. The molecule has 0 bridgehead atoms. The molecule has 6 rings (SSSR count). The molecule has 4 nitrogen and oxygen atoms in total. The Balaban J connectivity index is 1.41. The molecule has 1 N–H and O–H groups in total. The van der Waals surface area contributed by atoms with Gasteiger partial charge in [-0.25, -0.2) is 13.8 Å². The zero-order chi connectivity index (χ0) is 21.3. The number of hydrogen-bond acceptors (Lipinski definition) is 3. The fraction of sp³-hybridized carbons (Fsp3) is 0.440. The van der Waals surface area contributed by atoms with Gasteiger partial charge >= 0.3 is 0 Å². The third kappa shape index (κ3) is 2.67. The second-order valence-electron chi connectivity index (χ2n) is 9.74. The second kappa shape index (κ2) is 6.45. The van der Waals surface area contributed by atoms with E-state index in [2.05, 4.69) is 10.1 Å². The molecule has 4 atom stereocenters. The number of hydrogen-bond donors (Lipinski definition) is 1. The first-order valence-electron chi connectivity index (χ1n) is 11.0. The van der Waals surface area contributed by atoms with Crippen molar-refractivity contribution in [2.75, 3.05) is 0 Å². The molecule has 31 heavy (non-hydrogen) atoms. The topological polar surface area (TPSA) is 50.9 Å². The summed E-state index contributed by atoms with van der Waals surface area (Å²) in [7, 11) is 0. The van der Waals surface area contributed by atoms with Crippen LogP contribution in [-0.4, -0.2) is 25.5 Å². The Kier molecular flexibility index (Phi) is 3.98. The van der Waals surface area contributed by atoms with Crippen LogP contribution >= 0.6 is 0 Å². The van der Waals surface area contributed by atoms with Gasteiger partial charge < -0.3 is 5.11 Å². The van der Waals surface area contributed by atoms with Gasteiger partial charge in [0.2, 0.25) is 0 Å². The Labute approximate surface area is 179 Å². The molecule has 0 aliphatic heterocycles. The molecular formula is C25H25F2N3O. The van der Waals surface area contributed by atoms with E-state index in [1.54, 1.807) is 11.0 Å². The highest BCUT2D eigenvalue weighted by Crippen LogP contribution is 2.82. The molecule has 3 aliphatic carbocycles. The lowest BCUT2D eigenvalue weighted by atomic mass is 9.60. The van der Waals surface area contributed by atoms with Gasteiger partial charge in [0.05, 0.1) is 12.1 Å². The Morgan fingerprint density at radius 1 is 0.871 bits per heavy atom. The fourth-order valence-electron chi connectivity index (χ4n) is 6.83. The normalized spacial score (nSPS) is 36.1. The van der Waals surface area contributed by atoms with Gasteiger partial charge in [0.15, 0.2) is 0 Å². The van der Waals surface area contributed by atoms with Crippen molar-refractivity contribution in [3.8, 4) is 0 Å². The van der Waals surface area contributed by atoms with Crippen LogP contribution < -0.4 is 0 Å². The molecule has 0 radical (unpaired) electrons. The highest BCUT2D eigenvalue weighted by Gasteiger charge is 2.79. The van der Waals surface area contributed by atoms with Gasteiger partial charge in [0, 0.05) is 10.8 Å². The van der Waals surface area contributed by atoms with Crippen LogP contribution in [0.25, 0.3) is 0 Å². The van der Waals surface area contributed by atoms with Crippen LogP contribution in [0.5, 0.6) is 0 Å². The predicted octanol–water partition coefficient (Wildman–Crippen LogP) is 4.82. The van der Waals surface area contributed by atoms with Crippen molar-refractivity contribution >= 4 is 0 Å². The molecule has 1 aromatic heterocycles. The van der Waals surface area contributed by atoms with Crippen LogP contribution in [0, 0.1) is 22.5 Å². The summed E-state index contributed by atoms with van der Waals surface area (Å²) < 4.78 is 28.8. The van der Waals surface area contributed by atoms with Crippen molar-refractivity contribution in [3.05, 3.63) is 83.9 Å². The largest absolute Gasteiger partial charge is 0.387 e. The number of halogens is 2. The van der Waals surface area contributed by atoms with Crippen LogP contribution in [0.3, 0.4) is 0 Å². The highest BCUT2D eigenvalue weighted by molar-refractivity contribution is 5.42. The first-order chi connectivity index (χ1) is 15.0. The van der Waals surface area contributed by atoms with Crippen LogP contribution in [0.4, 0.5) is 8.78 Å². The zero-order valence-electron chi connectivity index (χ0n) is 17.2. The molecule has 160 valence electrons. The highest BCUT2D eigenvalue weighted by atomic mass is 19.1. The molecule has 3 fully saturated rings. The number of aliphatic hydroxyl groups is 1. The van der Waals surface area contributed by atoms with Crippen molar-refractivity contribution in [2.24, 2.45) is 10.8 Å². The average molecular weight is 421 g/mol. The molecular weight excluding hydrogens is 396 g/mol. The maximum atomic E-state index is 13.5. The van der Waals surface area contributed by atoms with Gasteiger partial charge in [0.1, 0.15) is 24.3 Å². The van der Waals surface area contributed by atoms with E-state index in [0.29, 0.717) is 6.54 Å². The Bertz CT molecular complexity index is 1030. The van der Waals surface area contributed by atoms with Crippen molar-refractivity contribution in [1.29, 1.82) is 0 Å². The van der Waals surface area contributed by atoms with Crippen LogP contribution in [0.15, 0.2) is 61.2 Å². The minimum atomic E-state index is -0.968. The first-order valence-corrected chi connectivity index (χ1v) is 11.0. The van der Waals surface area contributed by atoms with Crippen LogP contribution in [0.1, 0.15) is 55.1 Å². The molecule has 0 amide bonds. The Morgan fingerprint density at radius 3 is 1.84 bits per heavy atom. The van der Waals surface area contributed by atoms with Crippen LogP contribution in [-0.2, 0) is 6.54 Å². The van der Waals surface area contributed by atoms with Crippen molar-refractivity contribution in [1.82, 2.24) is 14.8 Å². The van der Waals surface area contributed by atoms with Gasteiger partial charge in [0.25, 0.3) is 0 Å². The maximum absolute atomic E-state index is 13.5. The molecule has 0 saturated heterocycles. The van der Waals surface area contributed by atoms with E-state index in [1.165, 1.54) is 30.6 Å². The standard InChI is InChI=1S/C25H25F2N3O/c26-19-6-2-17(3-7-19)21-12-23(21)10-1-11-24(25(23,31)14-30-16-28-15-29-30)13-22(24)18-4-8-20(27)9-5-18/h2-9,15-16,21-22,31H,1,10-14H2. The van der Waals surface area contributed by atoms with E-state index >= 15 is 0 Å². The van der Waals surface area contributed by atoms with E-state index < -0.39 is 5.60 Å². The minimum Gasteiger partial charge on any atom is -0.387 e. The molecule has 1 heterocycles. The van der Waals surface area contributed by atoms with Crippen molar-refractivity contribution < 1.29 is 13.9 Å². The quantitative estimate of drug-likeness (QED) is 0.657. The van der Waals surface area contributed by atoms with Gasteiger partial charge in [-0.2, -0.15) is 5.10 Å². The summed E-state index contributed by atoms with van der Waals surface area (Å²) in [5.74, 6) is -0.0773. The third-order valence-corrected chi connectivity index (χ3v) is 8.45. The van der Waals surface area contributed by atoms with E-state index in [-0.39, 0.29) is 34.3 Å². The maximum Gasteiger partial charge on any atom is 0.137 e. The van der Waals surface area contributed by atoms with Gasteiger partial charge in [-0.1, -0.05) is 30.7 Å². The Morgan fingerprint density at radius 2 is 1.39 bits per heavy atom. The lowest BCUT2D eigenvalue weighted by molar-refractivity contribution is -0.139. The summed E-state index contributed by atoms with van der Waals surface area (Å²) in [5, 5.41) is 16.9. The van der Waals surface area contributed by atoms with Gasteiger partial charge in [-0.05, 0) is 72.9 Å². The molecule has 4 unspecified atom stereocenters. The lowest BCUT2D eigenvalue weighted by Crippen LogP contribution is -2.55. The summed E-state index contributed by atoms with van der Waals surface area (Å²) in [6, 6.07) is 13.5. The first kappa shape index (κ1) is 19.1. The third-order valence-electron chi connectivity index (χ3n) is 8.45. The van der Waals surface area contributed by atoms with E-state index in [9.17, 15) is 13.9 Å². The summed E-state index contributed by atoms with van der Waals surface area (Å²) in [4.78, 5) is 4.09. The summed E-state index contributed by atoms with van der Waals surface area (Å²) in [5.41, 5.74) is 0.696. The minimum absolute atomic E-state index is 0.202. The van der Waals surface area contributed by atoms with Crippen LogP contribution in [0.2, 0.25) is 0 Å². The van der Waals surface area contributed by atoms with Crippen molar-refractivity contribution in [3.63, 3.8) is 0 Å². The molecule has 3 aliphatic rings. The van der Waals surface area contributed by atoms with E-state index in [0.717, 1.165) is 43.2 Å². The predicted molar refractivity (Wildman–Crippen MR) is 111 cm³/mol. The summed E-state index contributed by atoms with van der Waals surface area (Å²) in [6.45, 7) is 0.391. The van der Waals surface area contributed by atoms with Gasteiger partial charge in [-0.15, -0.1) is 0 Å². The van der Waals surface area contributed by atoms with Gasteiger partial charge in [-0.3, -0.25) is 4.68 Å². The Hall–Kier alpha value is -2.60. The number of rotatable bonds is 4. The average Bonchev–Trinajstić information content (AvgIpc) is 3.62. The lowest BCUT2D eigenvalue weighted by Gasteiger charge is -2.49. The monoisotopic (exact) mass is 421 g/mol. The molecule has 3 aromatic rings. The number of nitrogens with zero attached hydrogens (tertiary/aromatic N) is 3. The molecule has 3 saturated carbocycles. The smallest absolute Gasteiger partial charge is 0.137 e.